The van der Waals surface area contributed by atoms with Crippen LogP contribution in [0.2, 0.25) is 0 Å². The molecule has 1 atom stereocenters. The highest BCUT2D eigenvalue weighted by Crippen LogP contribution is 2.14. The molecule has 0 saturated carbocycles. The number of aromatic nitrogens is 2. The van der Waals surface area contributed by atoms with E-state index in [4.69, 9.17) is 4.74 Å². The summed E-state index contributed by atoms with van der Waals surface area (Å²) in [6, 6.07) is 0. The molecular formula is C17H27N3O3. The molecule has 0 aliphatic carbocycles. The van der Waals surface area contributed by atoms with E-state index in [1.54, 1.807) is 11.9 Å². The van der Waals surface area contributed by atoms with E-state index in [1.807, 2.05) is 6.92 Å². The Hall–Kier alpha value is -1.69. The highest BCUT2D eigenvalue weighted by atomic mass is 16.5. The Morgan fingerprint density at radius 3 is 2.83 bits per heavy atom. The molecule has 1 aliphatic heterocycles. The van der Waals surface area contributed by atoms with Gasteiger partial charge in [-0.3, -0.25) is 9.59 Å². The van der Waals surface area contributed by atoms with Crippen molar-refractivity contribution < 1.29 is 9.53 Å². The largest absolute Gasteiger partial charge is 0.378 e. The number of carbonyl (C=O) groups excluding carboxylic acids is 1. The van der Waals surface area contributed by atoms with Crippen LogP contribution in [-0.2, 0) is 29.5 Å². The van der Waals surface area contributed by atoms with Crippen LogP contribution in [0.4, 0.5) is 0 Å². The Kier molecular flexibility index (Phi) is 5.93. The third kappa shape index (κ3) is 4.64. The minimum atomic E-state index is -0.00653. The van der Waals surface area contributed by atoms with Crippen LogP contribution >= 0.6 is 0 Å². The number of rotatable bonds is 6. The first-order valence-electron chi connectivity index (χ1n) is 8.31. The summed E-state index contributed by atoms with van der Waals surface area (Å²) in [5.74, 6) is 0.655. The first-order valence-corrected chi connectivity index (χ1v) is 8.31. The molecule has 0 radical (unpaired) electrons. The molecule has 0 spiro atoms. The summed E-state index contributed by atoms with van der Waals surface area (Å²) < 4.78 is 7.19. The summed E-state index contributed by atoms with van der Waals surface area (Å²) in [5, 5.41) is 0. The standard InChI is InChI=1S/C17H27N3O3/c1-12(2)9-13(3)23-8-6-16(21)20-7-5-14-15(10-20)18-11-19(4)17(14)22/h11-13H,5-10H2,1-4H3/t13-/m0/s1. The minimum absolute atomic E-state index is 0.00653. The third-order valence-electron chi connectivity index (χ3n) is 4.16. The van der Waals surface area contributed by atoms with Crippen molar-refractivity contribution in [2.45, 2.75) is 52.7 Å². The summed E-state index contributed by atoms with van der Waals surface area (Å²) in [7, 11) is 1.70. The Morgan fingerprint density at radius 2 is 2.13 bits per heavy atom. The topological polar surface area (TPSA) is 64.4 Å². The van der Waals surface area contributed by atoms with Crippen LogP contribution in [0.15, 0.2) is 11.1 Å². The summed E-state index contributed by atoms with van der Waals surface area (Å²) >= 11 is 0. The molecule has 0 aromatic carbocycles. The first kappa shape index (κ1) is 17.7. The predicted octanol–water partition coefficient (Wildman–Crippen LogP) is 1.51. The maximum absolute atomic E-state index is 12.3. The van der Waals surface area contributed by atoms with Crippen LogP contribution in [0.25, 0.3) is 0 Å². The van der Waals surface area contributed by atoms with Gasteiger partial charge in [-0.1, -0.05) is 13.8 Å². The number of nitrogens with zero attached hydrogens (tertiary/aromatic N) is 3. The average molecular weight is 321 g/mol. The highest BCUT2D eigenvalue weighted by molar-refractivity contribution is 5.76. The van der Waals surface area contributed by atoms with Crippen molar-refractivity contribution in [3.8, 4) is 0 Å². The third-order valence-corrected chi connectivity index (χ3v) is 4.16. The summed E-state index contributed by atoms with van der Waals surface area (Å²) in [6.07, 6.45) is 3.65. The Labute approximate surface area is 137 Å². The molecular weight excluding hydrogens is 294 g/mol. The van der Waals surface area contributed by atoms with E-state index in [0.29, 0.717) is 38.5 Å². The number of ether oxygens (including phenoxy) is 1. The van der Waals surface area contributed by atoms with Gasteiger partial charge < -0.3 is 14.2 Å². The molecule has 6 nitrogen and oxygen atoms in total. The zero-order valence-electron chi connectivity index (χ0n) is 14.5. The van der Waals surface area contributed by atoms with Crippen molar-refractivity contribution in [3.63, 3.8) is 0 Å². The zero-order chi connectivity index (χ0) is 17.0. The van der Waals surface area contributed by atoms with E-state index in [9.17, 15) is 9.59 Å². The molecule has 0 saturated heterocycles. The van der Waals surface area contributed by atoms with Crippen LogP contribution < -0.4 is 5.56 Å². The van der Waals surface area contributed by atoms with Crippen molar-refractivity contribution in [2.75, 3.05) is 13.2 Å². The number of carbonyl (C=O) groups is 1. The van der Waals surface area contributed by atoms with E-state index >= 15 is 0 Å². The number of amides is 1. The zero-order valence-corrected chi connectivity index (χ0v) is 14.5. The van der Waals surface area contributed by atoms with E-state index in [-0.39, 0.29) is 17.6 Å². The number of aryl methyl sites for hydroxylation is 1. The first-order chi connectivity index (χ1) is 10.9. The number of fused-ring (bicyclic) bond motifs is 1. The summed E-state index contributed by atoms with van der Waals surface area (Å²) in [4.78, 5) is 30.4. The molecule has 0 bridgehead atoms. The summed E-state index contributed by atoms with van der Waals surface area (Å²) in [6.45, 7) is 7.81. The lowest BCUT2D eigenvalue weighted by molar-refractivity contribution is -0.133. The van der Waals surface area contributed by atoms with Crippen molar-refractivity contribution in [3.05, 3.63) is 27.9 Å². The molecule has 23 heavy (non-hydrogen) atoms. The fraction of sp³-hybridized carbons (Fsp3) is 0.706. The molecule has 1 aromatic heterocycles. The van der Waals surface area contributed by atoms with Gasteiger partial charge in [-0.25, -0.2) is 4.98 Å². The van der Waals surface area contributed by atoms with Crippen molar-refractivity contribution in [1.82, 2.24) is 14.5 Å². The summed E-state index contributed by atoms with van der Waals surface area (Å²) in [5.41, 5.74) is 1.45. The van der Waals surface area contributed by atoms with E-state index in [2.05, 4.69) is 18.8 Å². The number of hydrogen-bond donors (Lipinski definition) is 0. The van der Waals surface area contributed by atoms with Crippen molar-refractivity contribution >= 4 is 5.91 Å². The van der Waals surface area contributed by atoms with E-state index < -0.39 is 0 Å². The average Bonchev–Trinajstić information content (AvgIpc) is 2.50. The normalized spacial score (nSPS) is 15.6. The van der Waals surface area contributed by atoms with Crippen molar-refractivity contribution in [1.29, 1.82) is 0 Å². The molecule has 0 unspecified atom stereocenters. The maximum Gasteiger partial charge on any atom is 0.256 e. The monoisotopic (exact) mass is 321 g/mol. The van der Waals surface area contributed by atoms with Crippen LogP contribution in [0.3, 0.4) is 0 Å². The molecule has 2 heterocycles. The van der Waals surface area contributed by atoms with Crippen LogP contribution in [0, 0.1) is 5.92 Å². The van der Waals surface area contributed by atoms with Gasteiger partial charge >= 0.3 is 0 Å². The predicted molar refractivity (Wildman–Crippen MR) is 88.1 cm³/mol. The quantitative estimate of drug-likeness (QED) is 0.796. The van der Waals surface area contributed by atoms with Gasteiger partial charge in [-0.15, -0.1) is 0 Å². The lowest BCUT2D eigenvalue weighted by Gasteiger charge is -2.28. The fourth-order valence-electron chi connectivity index (χ4n) is 2.97. The van der Waals surface area contributed by atoms with Gasteiger partial charge in [0.1, 0.15) is 0 Å². The maximum atomic E-state index is 12.3. The van der Waals surface area contributed by atoms with Gasteiger partial charge in [0.05, 0.1) is 37.7 Å². The molecule has 0 N–H and O–H groups in total. The molecule has 0 fully saturated rings. The SMILES string of the molecule is CC(C)C[C@H](C)OCCC(=O)N1CCc2c(ncn(C)c2=O)C1. The molecule has 6 heteroatoms. The molecule has 1 aromatic rings. The van der Waals surface area contributed by atoms with Gasteiger partial charge in [0.2, 0.25) is 5.91 Å². The van der Waals surface area contributed by atoms with Crippen LogP contribution in [-0.4, -0.2) is 39.6 Å². The lowest BCUT2D eigenvalue weighted by atomic mass is 10.1. The Balaban J connectivity index is 1.85. The van der Waals surface area contributed by atoms with Gasteiger partial charge in [-0.05, 0) is 25.7 Å². The van der Waals surface area contributed by atoms with E-state index in [0.717, 1.165) is 17.7 Å². The molecule has 1 amide bonds. The van der Waals surface area contributed by atoms with Gasteiger partial charge in [0.15, 0.2) is 0 Å². The second-order valence-corrected chi connectivity index (χ2v) is 6.71. The second kappa shape index (κ2) is 7.73. The van der Waals surface area contributed by atoms with Gasteiger partial charge in [0, 0.05) is 19.2 Å². The number of hydrogen-bond acceptors (Lipinski definition) is 4. The van der Waals surface area contributed by atoms with Gasteiger partial charge in [0.25, 0.3) is 5.56 Å². The Morgan fingerprint density at radius 1 is 1.39 bits per heavy atom. The molecule has 2 rings (SSSR count). The fourth-order valence-corrected chi connectivity index (χ4v) is 2.97. The smallest absolute Gasteiger partial charge is 0.256 e. The van der Waals surface area contributed by atoms with Crippen LogP contribution in [0.1, 0.15) is 44.9 Å². The van der Waals surface area contributed by atoms with Crippen molar-refractivity contribution in [2.24, 2.45) is 13.0 Å². The molecule has 1 aliphatic rings. The minimum Gasteiger partial charge on any atom is -0.378 e. The van der Waals surface area contributed by atoms with Crippen LogP contribution in [0.5, 0.6) is 0 Å². The molecule has 128 valence electrons. The second-order valence-electron chi connectivity index (χ2n) is 6.71. The van der Waals surface area contributed by atoms with E-state index in [1.165, 1.54) is 10.9 Å². The lowest BCUT2D eigenvalue weighted by Crippen LogP contribution is -2.40. The Bertz CT molecular complexity index is 610. The highest BCUT2D eigenvalue weighted by Gasteiger charge is 2.23. The van der Waals surface area contributed by atoms with Gasteiger partial charge in [-0.2, -0.15) is 0 Å².